The van der Waals surface area contributed by atoms with Crippen molar-refractivity contribution in [3.05, 3.63) is 46.3 Å². The highest BCUT2D eigenvalue weighted by Crippen LogP contribution is 2.24. The number of aromatic nitrogens is 1. The molecule has 1 aromatic carbocycles. The zero-order valence-electron chi connectivity index (χ0n) is 8.01. The van der Waals surface area contributed by atoms with Crippen LogP contribution in [0.3, 0.4) is 0 Å². The first-order valence-electron chi connectivity index (χ1n) is 4.33. The molecule has 2 rings (SSSR count). The molecule has 0 aliphatic carbocycles. The molecule has 15 heavy (non-hydrogen) atoms. The SMILES string of the molecule is Cc1cc(-c2ncco2)ccc1[N+](=O)[O-]. The summed E-state index contributed by atoms with van der Waals surface area (Å²) >= 11 is 0. The summed E-state index contributed by atoms with van der Waals surface area (Å²) in [5, 5.41) is 10.6. The van der Waals surface area contributed by atoms with Gasteiger partial charge in [0, 0.05) is 17.2 Å². The van der Waals surface area contributed by atoms with Gasteiger partial charge in [0.1, 0.15) is 6.26 Å². The molecule has 0 fully saturated rings. The summed E-state index contributed by atoms with van der Waals surface area (Å²) in [7, 11) is 0. The van der Waals surface area contributed by atoms with Crippen LogP contribution in [0.25, 0.3) is 11.5 Å². The van der Waals surface area contributed by atoms with Crippen LogP contribution < -0.4 is 0 Å². The zero-order chi connectivity index (χ0) is 10.8. The first-order chi connectivity index (χ1) is 7.18. The van der Waals surface area contributed by atoms with Crippen molar-refractivity contribution in [2.45, 2.75) is 6.92 Å². The van der Waals surface area contributed by atoms with E-state index >= 15 is 0 Å². The number of benzene rings is 1. The highest BCUT2D eigenvalue weighted by atomic mass is 16.6. The Balaban J connectivity index is 2.47. The molecule has 5 nitrogen and oxygen atoms in total. The van der Waals surface area contributed by atoms with Crippen LogP contribution >= 0.6 is 0 Å². The molecule has 1 aromatic heterocycles. The van der Waals surface area contributed by atoms with Crippen LogP contribution in [-0.2, 0) is 0 Å². The summed E-state index contributed by atoms with van der Waals surface area (Å²) in [6, 6.07) is 4.76. The minimum atomic E-state index is -0.408. The molecule has 0 N–H and O–H groups in total. The quantitative estimate of drug-likeness (QED) is 0.556. The lowest BCUT2D eigenvalue weighted by Crippen LogP contribution is -1.91. The third-order valence-electron chi connectivity index (χ3n) is 2.07. The van der Waals surface area contributed by atoms with Crippen molar-refractivity contribution in [3.63, 3.8) is 0 Å². The second-order valence-corrected chi connectivity index (χ2v) is 3.10. The van der Waals surface area contributed by atoms with Gasteiger partial charge in [-0.2, -0.15) is 0 Å². The Morgan fingerprint density at radius 2 is 2.27 bits per heavy atom. The third kappa shape index (κ3) is 1.71. The van der Waals surface area contributed by atoms with Crippen molar-refractivity contribution < 1.29 is 9.34 Å². The van der Waals surface area contributed by atoms with Crippen molar-refractivity contribution in [1.29, 1.82) is 0 Å². The van der Waals surface area contributed by atoms with E-state index in [-0.39, 0.29) is 5.69 Å². The summed E-state index contributed by atoms with van der Waals surface area (Å²) in [4.78, 5) is 14.1. The van der Waals surface area contributed by atoms with E-state index in [1.54, 1.807) is 19.1 Å². The molecular formula is C10H8N2O3. The van der Waals surface area contributed by atoms with Gasteiger partial charge < -0.3 is 4.42 Å². The Hall–Kier alpha value is -2.17. The van der Waals surface area contributed by atoms with Gasteiger partial charge in [0.05, 0.1) is 11.1 Å². The molecule has 0 unspecified atom stereocenters. The third-order valence-corrected chi connectivity index (χ3v) is 2.07. The van der Waals surface area contributed by atoms with Crippen molar-refractivity contribution >= 4 is 5.69 Å². The van der Waals surface area contributed by atoms with Crippen molar-refractivity contribution in [2.75, 3.05) is 0 Å². The predicted octanol–water partition coefficient (Wildman–Crippen LogP) is 2.56. The van der Waals surface area contributed by atoms with E-state index in [4.69, 9.17) is 4.42 Å². The number of hydrogen-bond acceptors (Lipinski definition) is 4. The Morgan fingerprint density at radius 3 is 2.80 bits per heavy atom. The second kappa shape index (κ2) is 3.53. The van der Waals surface area contributed by atoms with E-state index in [0.29, 0.717) is 11.5 Å². The lowest BCUT2D eigenvalue weighted by atomic mass is 10.1. The van der Waals surface area contributed by atoms with Crippen LogP contribution in [0.4, 0.5) is 5.69 Å². The number of rotatable bonds is 2. The lowest BCUT2D eigenvalue weighted by molar-refractivity contribution is -0.385. The molecule has 0 spiro atoms. The van der Waals surface area contributed by atoms with Gasteiger partial charge in [-0.3, -0.25) is 10.1 Å². The van der Waals surface area contributed by atoms with Gasteiger partial charge in [0.25, 0.3) is 5.69 Å². The summed E-state index contributed by atoms with van der Waals surface area (Å²) in [5.74, 6) is 0.466. The van der Waals surface area contributed by atoms with Crippen LogP contribution in [-0.4, -0.2) is 9.91 Å². The molecular weight excluding hydrogens is 196 g/mol. The van der Waals surface area contributed by atoms with E-state index in [1.165, 1.54) is 18.5 Å². The van der Waals surface area contributed by atoms with Crippen LogP contribution in [0.2, 0.25) is 0 Å². The minimum absolute atomic E-state index is 0.102. The fourth-order valence-electron chi connectivity index (χ4n) is 1.36. The molecule has 0 radical (unpaired) electrons. The van der Waals surface area contributed by atoms with Gasteiger partial charge in [-0.25, -0.2) is 4.98 Å². The van der Waals surface area contributed by atoms with E-state index in [0.717, 1.165) is 5.56 Å². The monoisotopic (exact) mass is 204 g/mol. The average molecular weight is 204 g/mol. The first kappa shape index (κ1) is 9.39. The number of nitrogens with zero attached hydrogens (tertiary/aromatic N) is 2. The molecule has 2 aromatic rings. The molecule has 0 saturated carbocycles. The Morgan fingerprint density at radius 1 is 1.47 bits per heavy atom. The van der Waals surface area contributed by atoms with Crippen LogP contribution in [0.1, 0.15) is 5.56 Å². The largest absolute Gasteiger partial charge is 0.445 e. The standard InChI is InChI=1S/C10H8N2O3/c1-7-6-8(10-11-4-5-15-10)2-3-9(7)12(13)14/h2-6H,1H3. The fraction of sp³-hybridized carbons (Fsp3) is 0.100. The minimum Gasteiger partial charge on any atom is -0.445 e. The molecule has 5 heteroatoms. The van der Waals surface area contributed by atoms with Crippen LogP contribution in [0.5, 0.6) is 0 Å². The Bertz CT molecular complexity index is 491. The predicted molar refractivity (Wildman–Crippen MR) is 53.3 cm³/mol. The maximum absolute atomic E-state index is 10.6. The molecule has 1 heterocycles. The van der Waals surface area contributed by atoms with Gasteiger partial charge in [-0.15, -0.1) is 0 Å². The van der Waals surface area contributed by atoms with E-state index in [1.807, 2.05) is 0 Å². The molecule has 0 aliphatic heterocycles. The fourth-order valence-corrected chi connectivity index (χ4v) is 1.36. The molecule has 0 saturated heterocycles. The summed E-state index contributed by atoms with van der Waals surface area (Å²) < 4.78 is 5.09. The summed E-state index contributed by atoms with van der Waals surface area (Å²) in [5.41, 5.74) is 1.43. The van der Waals surface area contributed by atoms with Gasteiger partial charge >= 0.3 is 0 Å². The van der Waals surface area contributed by atoms with Crippen LogP contribution in [0.15, 0.2) is 35.1 Å². The normalized spacial score (nSPS) is 10.2. The Kier molecular flexibility index (Phi) is 2.21. The number of hydrogen-bond donors (Lipinski definition) is 0. The highest BCUT2D eigenvalue weighted by molar-refractivity contribution is 5.58. The van der Waals surface area contributed by atoms with Gasteiger partial charge in [0.15, 0.2) is 0 Å². The van der Waals surface area contributed by atoms with Gasteiger partial charge in [0.2, 0.25) is 5.89 Å². The topological polar surface area (TPSA) is 69.2 Å². The molecule has 0 amide bonds. The number of nitro benzene ring substituents is 1. The number of nitro groups is 1. The van der Waals surface area contributed by atoms with Crippen LogP contribution in [0, 0.1) is 17.0 Å². The smallest absolute Gasteiger partial charge is 0.272 e. The van der Waals surface area contributed by atoms with Gasteiger partial charge in [-0.1, -0.05) is 0 Å². The molecule has 0 aliphatic rings. The summed E-state index contributed by atoms with van der Waals surface area (Å²) in [6.45, 7) is 1.69. The van der Waals surface area contributed by atoms with E-state index in [2.05, 4.69) is 4.98 Å². The molecule has 76 valence electrons. The average Bonchev–Trinajstić information content (AvgIpc) is 2.69. The molecule has 0 bridgehead atoms. The van der Waals surface area contributed by atoms with Gasteiger partial charge in [-0.05, 0) is 19.1 Å². The van der Waals surface area contributed by atoms with E-state index < -0.39 is 4.92 Å². The first-order valence-corrected chi connectivity index (χ1v) is 4.33. The number of oxazole rings is 1. The highest BCUT2D eigenvalue weighted by Gasteiger charge is 2.12. The van der Waals surface area contributed by atoms with Crippen molar-refractivity contribution in [1.82, 2.24) is 4.98 Å². The maximum atomic E-state index is 10.6. The van der Waals surface area contributed by atoms with E-state index in [9.17, 15) is 10.1 Å². The molecule has 0 atom stereocenters. The Labute approximate surface area is 85.5 Å². The summed E-state index contributed by atoms with van der Waals surface area (Å²) in [6.07, 6.45) is 3.00. The zero-order valence-corrected chi connectivity index (χ0v) is 8.01. The maximum Gasteiger partial charge on any atom is 0.272 e. The number of aryl methyl sites for hydroxylation is 1. The second-order valence-electron chi connectivity index (χ2n) is 3.10. The van der Waals surface area contributed by atoms with Crippen molar-refractivity contribution in [3.8, 4) is 11.5 Å². The van der Waals surface area contributed by atoms with Crippen molar-refractivity contribution in [2.24, 2.45) is 0 Å². The lowest BCUT2D eigenvalue weighted by Gasteiger charge is -1.99.